The molecule has 5 nitrogen and oxygen atoms in total. The van der Waals surface area contributed by atoms with Crippen molar-refractivity contribution in [1.82, 2.24) is 4.98 Å². The Hall–Kier alpha value is -2.79. The van der Waals surface area contributed by atoms with E-state index < -0.39 is 0 Å². The second-order valence-electron chi connectivity index (χ2n) is 5.86. The van der Waals surface area contributed by atoms with Gasteiger partial charge in [-0.1, -0.05) is 30.3 Å². The third-order valence-electron chi connectivity index (χ3n) is 4.27. The van der Waals surface area contributed by atoms with Gasteiger partial charge in [-0.15, -0.1) is 0 Å². The largest absolute Gasteiger partial charge is 0.398 e. The Morgan fingerprint density at radius 2 is 1.75 bits per heavy atom. The summed E-state index contributed by atoms with van der Waals surface area (Å²) in [5.41, 5.74) is 10.00. The van der Waals surface area contributed by atoms with E-state index in [4.69, 9.17) is 10.5 Å². The number of nitrogens with zero attached hydrogens (tertiary/aromatic N) is 2. The lowest BCUT2D eigenvalue weighted by molar-refractivity contribution is 0.123. The van der Waals surface area contributed by atoms with E-state index in [2.05, 4.69) is 33.4 Å². The maximum Gasteiger partial charge on any atom is 0.133 e. The lowest BCUT2D eigenvalue weighted by atomic mass is 10.2. The van der Waals surface area contributed by atoms with Crippen LogP contribution in [0.2, 0.25) is 0 Å². The molecule has 1 aliphatic heterocycles. The summed E-state index contributed by atoms with van der Waals surface area (Å²) >= 11 is 0. The molecule has 5 heteroatoms. The Kier molecular flexibility index (Phi) is 3.92. The molecule has 1 saturated heterocycles. The van der Waals surface area contributed by atoms with Crippen molar-refractivity contribution in [2.24, 2.45) is 0 Å². The number of hydrogen-bond donors (Lipinski definition) is 2. The topological polar surface area (TPSA) is 63.4 Å². The number of rotatable bonds is 3. The Balaban J connectivity index is 1.68. The smallest absolute Gasteiger partial charge is 0.133 e. The average Bonchev–Trinajstić information content (AvgIpc) is 2.63. The average molecular weight is 320 g/mol. The van der Waals surface area contributed by atoms with Crippen molar-refractivity contribution < 1.29 is 4.74 Å². The first-order chi connectivity index (χ1) is 11.8. The highest BCUT2D eigenvalue weighted by Crippen LogP contribution is 2.30. The third kappa shape index (κ3) is 2.86. The van der Waals surface area contributed by atoms with Gasteiger partial charge in [0, 0.05) is 30.2 Å². The number of para-hydroxylation sites is 3. The van der Waals surface area contributed by atoms with E-state index in [9.17, 15) is 0 Å². The Morgan fingerprint density at radius 1 is 1.00 bits per heavy atom. The number of benzene rings is 2. The molecule has 24 heavy (non-hydrogen) atoms. The van der Waals surface area contributed by atoms with Gasteiger partial charge in [0.1, 0.15) is 5.82 Å². The van der Waals surface area contributed by atoms with Gasteiger partial charge in [-0.2, -0.15) is 0 Å². The monoisotopic (exact) mass is 320 g/mol. The molecule has 1 fully saturated rings. The normalized spacial score (nSPS) is 14.8. The highest BCUT2D eigenvalue weighted by atomic mass is 16.5. The molecule has 0 amide bonds. The van der Waals surface area contributed by atoms with Crippen LogP contribution in [0, 0.1) is 0 Å². The summed E-state index contributed by atoms with van der Waals surface area (Å²) in [6, 6.07) is 18.1. The quantitative estimate of drug-likeness (QED) is 0.774. The van der Waals surface area contributed by atoms with Crippen LogP contribution in [0.1, 0.15) is 0 Å². The maximum atomic E-state index is 6.18. The van der Waals surface area contributed by atoms with Crippen molar-refractivity contribution >= 4 is 33.8 Å². The van der Waals surface area contributed by atoms with Gasteiger partial charge in [0.15, 0.2) is 0 Å². The van der Waals surface area contributed by atoms with Gasteiger partial charge in [0.2, 0.25) is 0 Å². The summed E-state index contributed by atoms with van der Waals surface area (Å²) in [6.07, 6.45) is 0. The Labute approximate surface area is 141 Å². The van der Waals surface area contributed by atoms with Crippen LogP contribution < -0.4 is 16.0 Å². The number of ether oxygens (including phenoxy) is 1. The van der Waals surface area contributed by atoms with Crippen LogP contribution >= 0.6 is 0 Å². The predicted octanol–water partition coefficient (Wildman–Crippen LogP) is 3.40. The van der Waals surface area contributed by atoms with E-state index in [1.54, 1.807) is 0 Å². The molecule has 1 aliphatic rings. The van der Waals surface area contributed by atoms with E-state index in [1.807, 2.05) is 36.4 Å². The molecule has 2 aromatic carbocycles. The lowest BCUT2D eigenvalue weighted by Gasteiger charge is -2.30. The molecule has 2 heterocycles. The number of morpholine rings is 1. The molecule has 0 spiro atoms. The molecule has 0 bridgehead atoms. The van der Waals surface area contributed by atoms with Crippen molar-refractivity contribution in [2.45, 2.75) is 0 Å². The first-order valence-electron chi connectivity index (χ1n) is 8.15. The number of nitrogens with two attached hydrogens (primary N) is 1. The molecule has 0 atom stereocenters. The van der Waals surface area contributed by atoms with Crippen LogP contribution in [0.25, 0.3) is 10.9 Å². The molecular formula is C19H20N4O. The van der Waals surface area contributed by atoms with Gasteiger partial charge >= 0.3 is 0 Å². The SMILES string of the molecule is Nc1cc(Nc2ccccc2N2CCOCC2)nc2ccccc12. The fourth-order valence-electron chi connectivity index (χ4n) is 3.06. The van der Waals surface area contributed by atoms with E-state index >= 15 is 0 Å². The number of aromatic nitrogens is 1. The number of fused-ring (bicyclic) bond motifs is 1. The number of nitrogen functional groups attached to an aromatic ring is 1. The molecule has 0 unspecified atom stereocenters. The van der Waals surface area contributed by atoms with E-state index in [0.717, 1.165) is 60.1 Å². The zero-order valence-corrected chi connectivity index (χ0v) is 13.4. The van der Waals surface area contributed by atoms with Gasteiger partial charge in [-0.3, -0.25) is 0 Å². The molecular weight excluding hydrogens is 300 g/mol. The van der Waals surface area contributed by atoms with Crippen molar-refractivity contribution in [3.63, 3.8) is 0 Å². The highest BCUT2D eigenvalue weighted by Gasteiger charge is 2.15. The first-order valence-corrected chi connectivity index (χ1v) is 8.15. The first kappa shape index (κ1) is 14.8. The third-order valence-corrected chi connectivity index (χ3v) is 4.27. The van der Waals surface area contributed by atoms with E-state index in [0.29, 0.717) is 0 Å². The minimum absolute atomic E-state index is 0.729. The molecule has 1 aromatic heterocycles. The molecule has 3 N–H and O–H groups in total. The van der Waals surface area contributed by atoms with Gasteiger partial charge in [0.05, 0.1) is 30.1 Å². The molecule has 0 aliphatic carbocycles. The molecule has 0 saturated carbocycles. The summed E-state index contributed by atoms with van der Waals surface area (Å²) in [4.78, 5) is 7.01. The summed E-state index contributed by atoms with van der Waals surface area (Å²) < 4.78 is 5.45. The van der Waals surface area contributed by atoms with Crippen LogP contribution in [0.3, 0.4) is 0 Å². The molecule has 3 aromatic rings. The van der Waals surface area contributed by atoms with Crippen molar-refractivity contribution in [3.8, 4) is 0 Å². The molecule has 4 rings (SSSR count). The number of pyridine rings is 1. The van der Waals surface area contributed by atoms with Crippen molar-refractivity contribution in [1.29, 1.82) is 0 Å². The number of nitrogens with one attached hydrogen (secondary N) is 1. The summed E-state index contributed by atoms with van der Waals surface area (Å²) in [5.74, 6) is 0.756. The second kappa shape index (κ2) is 6.37. The van der Waals surface area contributed by atoms with Crippen LogP contribution in [-0.4, -0.2) is 31.3 Å². The van der Waals surface area contributed by atoms with Crippen LogP contribution in [-0.2, 0) is 4.74 Å². The van der Waals surface area contributed by atoms with Crippen LogP contribution in [0.4, 0.5) is 22.9 Å². The summed E-state index contributed by atoms with van der Waals surface area (Å²) in [7, 11) is 0. The Bertz CT molecular complexity index is 859. The van der Waals surface area contributed by atoms with Gasteiger partial charge in [0.25, 0.3) is 0 Å². The fraction of sp³-hybridized carbons (Fsp3) is 0.211. The van der Waals surface area contributed by atoms with Crippen LogP contribution in [0.15, 0.2) is 54.6 Å². The lowest BCUT2D eigenvalue weighted by Crippen LogP contribution is -2.36. The molecule has 0 radical (unpaired) electrons. The van der Waals surface area contributed by atoms with Gasteiger partial charge in [-0.05, 0) is 18.2 Å². The van der Waals surface area contributed by atoms with E-state index in [-0.39, 0.29) is 0 Å². The second-order valence-corrected chi connectivity index (χ2v) is 5.86. The Morgan fingerprint density at radius 3 is 2.62 bits per heavy atom. The summed E-state index contributed by atoms with van der Waals surface area (Å²) in [6.45, 7) is 3.31. The van der Waals surface area contributed by atoms with E-state index in [1.165, 1.54) is 0 Å². The number of hydrogen-bond acceptors (Lipinski definition) is 5. The standard InChI is InChI=1S/C19H20N4O/c20-15-13-19(21-16-6-2-1-5-14(15)16)22-17-7-3-4-8-18(17)23-9-11-24-12-10-23/h1-8,13H,9-12H2,(H3,20,21,22). The van der Waals surface area contributed by atoms with Gasteiger partial charge in [-0.25, -0.2) is 4.98 Å². The maximum absolute atomic E-state index is 6.18. The summed E-state index contributed by atoms with van der Waals surface area (Å²) in [5, 5.41) is 4.41. The molecule has 122 valence electrons. The highest BCUT2D eigenvalue weighted by molar-refractivity contribution is 5.92. The number of anilines is 4. The van der Waals surface area contributed by atoms with Crippen molar-refractivity contribution in [2.75, 3.05) is 42.3 Å². The predicted molar refractivity (Wildman–Crippen MR) is 98.9 cm³/mol. The minimum atomic E-state index is 0.729. The fourth-order valence-corrected chi connectivity index (χ4v) is 3.06. The van der Waals surface area contributed by atoms with Crippen LogP contribution in [0.5, 0.6) is 0 Å². The minimum Gasteiger partial charge on any atom is -0.398 e. The van der Waals surface area contributed by atoms with Gasteiger partial charge < -0.3 is 20.7 Å². The zero-order valence-electron chi connectivity index (χ0n) is 13.4. The van der Waals surface area contributed by atoms with Crippen molar-refractivity contribution in [3.05, 3.63) is 54.6 Å². The zero-order chi connectivity index (χ0) is 16.4.